The number of aliphatic imine (C=N–C) groups is 1. The van der Waals surface area contributed by atoms with Crippen molar-refractivity contribution in [1.29, 1.82) is 0 Å². The fourth-order valence-corrected chi connectivity index (χ4v) is 3.36. The molecule has 1 saturated heterocycles. The third kappa shape index (κ3) is 7.36. The number of likely N-dealkylation sites (tertiary alicyclic amines) is 1. The molecule has 0 aromatic heterocycles. The Balaban J connectivity index is 2.02. The van der Waals surface area contributed by atoms with Crippen molar-refractivity contribution in [1.82, 2.24) is 10.2 Å². The second-order valence-electron chi connectivity index (χ2n) is 7.09. The van der Waals surface area contributed by atoms with Gasteiger partial charge in [0, 0.05) is 40.0 Å². The summed E-state index contributed by atoms with van der Waals surface area (Å²) in [6.07, 6.45) is -1.69. The normalized spacial score (nSPS) is 16.1. The highest BCUT2D eigenvalue weighted by molar-refractivity contribution is 5.80. The van der Waals surface area contributed by atoms with E-state index in [-0.39, 0.29) is 24.0 Å². The van der Waals surface area contributed by atoms with Crippen LogP contribution in [0.5, 0.6) is 5.75 Å². The van der Waals surface area contributed by atoms with Crippen LogP contribution in [0.25, 0.3) is 0 Å². The molecule has 1 aromatic rings. The van der Waals surface area contributed by atoms with Crippen LogP contribution >= 0.6 is 0 Å². The van der Waals surface area contributed by atoms with Crippen LogP contribution in [-0.2, 0) is 22.2 Å². The van der Waals surface area contributed by atoms with Gasteiger partial charge in [-0.1, -0.05) is 6.07 Å². The third-order valence-electron chi connectivity index (χ3n) is 4.94. The summed E-state index contributed by atoms with van der Waals surface area (Å²) in [7, 11) is 3.02. The number of hydrogen-bond donors (Lipinski definition) is 1. The predicted octanol–water partition coefficient (Wildman–Crippen LogP) is 3.70. The van der Waals surface area contributed by atoms with Gasteiger partial charge in [-0.3, -0.25) is 0 Å². The van der Waals surface area contributed by atoms with Crippen molar-refractivity contribution in [2.45, 2.75) is 45.0 Å². The lowest BCUT2D eigenvalue weighted by atomic mass is 10.1. The van der Waals surface area contributed by atoms with E-state index in [9.17, 15) is 13.2 Å². The SMILES string of the molecule is CCNC(=NCc1ccc(OC)cc1C(F)(F)F)N1CCC(OCCCOC)CC1. The van der Waals surface area contributed by atoms with Gasteiger partial charge in [-0.05, 0) is 43.9 Å². The number of nitrogens with one attached hydrogen (secondary N) is 1. The number of nitrogens with zero attached hydrogens (tertiary/aromatic N) is 2. The van der Waals surface area contributed by atoms with E-state index in [1.165, 1.54) is 19.2 Å². The number of benzene rings is 1. The molecular formula is C21H32F3N3O3. The fraction of sp³-hybridized carbons (Fsp3) is 0.667. The summed E-state index contributed by atoms with van der Waals surface area (Å²) < 4.78 is 56.1. The number of hydrogen-bond acceptors (Lipinski definition) is 4. The molecule has 9 heteroatoms. The lowest BCUT2D eigenvalue weighted by Gasteiger charge is -2.34. The van der Waals surface area contributed by atoms with Crippen LogP contribution in [0, 0.1) is 0 Å². The molecule has 1 heterocycles. The molecule has 0 amide bonds. The van der Waals surface area contributed by atoms with E-state index in [1.807, 2.05) is 6.92 Å². The topological polar surface area (TPSA) is 55.3 Å². The van der Waals surface area contributed by atoms with E-state index in [0.29, 0.717) is 25.7 Å². The Morgan fingerprint density at radius 2 is 1.93 bits per heavy atom. The first-order valence-electron chi connectivity index (χ1n) is 10.3. The molecule has 6 nitrogen and oxygen atoms in total. The number of halogens is 3. The minimum Gasteiger partial charge on any atom is -0.497 e. The minimum absolute atomic E-state index is 0.0609. The van der Waals surface area contributed by atoms with Gasteiger partial charge in [0.15, 0.2) is 5.96 Å². The van der Waals surface area contributed by atoms with Gasteiger partial charge < -0.3 is 24.4 Å². The van der Waals surface area contributed by atoms with Gasteiger partial charge >= 0.3 is 6.18 Å². The summed E-state index contributed by atoms with van der Waals surface area (Å²) in [6, 6.07) is 3.97. The Kier molecular flexibility index (Phi) is 9.71. The zero-order valence-corrected chi connectivity index (χ0v) is 17.9. The molecule has 0 bridgehead atoms. The van der Waals surface area contributed by atoms with E-state index in [0.717, 1.165) is 38.4 Å². The summed E-state index contributed by atoms with van der Waals surface area (Å²) in [6.45, 7) is 5.36. The van der Waals surface area contributed by atoms with Crippen molar-refractivity contribution in [3.8, 4) is 5.75 Å². The number of methoxy groups -OCH3 is 2. The van der Waals surface area contributed by atoms with E-state index in [1.54, 1.807) is 7.11 Å². The first-order valence-corrected chi connectivity index (χ1v) is 10.3. The van der Waals surface area contributed by atoms with Crippen molar-refractivity contribution < 1.29 is 27.4 Å². The van der Waals surface area contributed by atoms with E-state index in [2.05, 4.69) is 15.2 Å². The zero-order valence-electron chi connectivity index (χ0n) is 17.9. The van der Waals surface area contributed by atoms with Crippen LogP contribution in [0.1, 0.15) is 37.3 Å². The average molecular weight is 431 g/mol. The lowest BCUT2D eigenvalue weighted by Crippen LogP contribution is -2.47. The lowest BCUT2D eigenvalue weighted by molar-refractivity contribution is -0.138. The van der Waals surface area contributed by atoms with Gasteiger partial charge in [-0.2, -0.15) is 13.2 Å². The highest BCUT2D eigenvalue weighted by Crippen LogP contribution is 2.34. The zero-order chi connectivity index (χ0) is 22.0. The molecule has 1 aliphatic heterocycles. The van der Waals surface area contributed by atoms with E-state index >= 15 is 0 Å². The van der Waals surface area contributed by atoms with Crippen LogP contribution in [0.2, 0.25) is 0 Å². The van der Waals surface area contributed by atoms with Gasteiger partial charge in [-0.25, -0.2) is 4.99 Å². The van der Waals surface area contributed by atoms with Gasteiger partial charge in [-0.15, -0.1) is 0 Å². The smallest absolute Gasteiger partial charge is 0.416 e. The van der Waals surface area contributed by atoms with Crippen LogP contribution in [0.4, 0.5) is 13.2 Å². The second-order valence-corrected chi connectivity index (χ2v) is 7.09. The Hall–Kier alpha value is -2.00. The van der Waals surface area contributed by atoms with Crippen LogP contribution in [0.15, 0.2) is 23.2 Å². The number of piperidine rings is 1. The molecule has 2 rings (SSSR count). The van der Waals surface area contributed by atoms with Gasteiger partial charge in [0.2, 0.25) is 0 Å². The summed E-state index contributed by atoms with van der Waals surface area (Å²) in [5, 5.41) is 3.19. The molecule has 0 saturated carbocycles. The average Bonchev–Trinajstić information content (AvgIpc) is 2.74. The van der Waals surface area contributed by atoms with Gasteiger partial charge in [0.05, 0.1) is 25.3 Å². The van der Waals surface area contributed by atoms with Gasteiger partial charge in [0.1, 0.15) is 5.75 Å². The molecule has 1 aliphatic rings. The fourth-order valence-electron chi connectivity index (χ4n) is 3.36. The van der Waals surface area contributed by atoms with Crippen LogP contribution < -0.4 is 10.1 Å². The predicted molar refractivity (Wildman–Crippen MR) is 110 cm³/mol. The molecule has 0 atom stereocenters. The molecule has 0 aliphatic carbocycles. The van der Waals surface area contributed by atoms with Crippen LogP contribution in [0.3, 0.4) is 0 Å². The summed E-state index contributed by atoms with van der Waals surface area (Å²) >= 11 is 0. The van der Waals surface area contributed by atoms with Crippen molar-refractivity contribution in [3.05, 3.63) is 29.3 Å². The van der Waals surface area contributed by atoms with E-state index < -0.39 is 11.7 Å². The molecular weight excluding hydrogens is 399 g/mol. The van der Waals surface area contributed by atoms with Gasteiger partial charge in [0.25, 0.3) is 0 Å². The highest BCUT2D eigenvalue weighted by atomic mass is 19.4. The third-order valence-corrected chi connectivity index (χ3v) is 4.94. The standard InChI is InChI=1S/C21H32F3N3O3/c1-4-25-20(27-10-8-17(9-11-27)30-13-5-12-28-2)26-15-16-6-7-18(29-3)14-19(16)21(22,23)24/h6-7,14,17H,4-5,8-13,15H2,1-3H3,(H,25,26). The first-order chi connectivity index (χ1) is 14.4. The maximum absolute atomic E-state index is 13.4. The molecule has 170 valence electrons. The Morgan fingerprint density at radius 1 is 1.20 bits per heavy atom. The first kappa shape index (κ1) is 24.3. The van der Waals surface area contributed by atoms with Crippen LogP contribution in [-0.4, -0.2) is 64.0 Å². The van der Waals surface area contributed by atoms with Crippen molar-refractivity contribution in [2.24, 2.45) is 4.99 Å². The Morgan fingerprint density at radius 3 is 2.53 bits per heavy atom. The van der Waals surface area contributed by atoms with Crippen molar-refractivity contribution >= 4 is 5.96 Å². The van der Waals surface area contributed by atoms with Crippen molar-refractivity contribution in [3.63, 3.8) is 0 Å². The maximum atomic E-state index is 13.4. The summed E-state index contributed by atoms with van der Waals surface area (Å²) in [5.74, 6) is 0.800. The Labute approximate surface area is 176 Å². The second kappa shape index (κ2) is 12.0. The number of ether oxygens (including phenoxy) is 3. The highest BCUT2D eigenvalue weighted by Gasteiger charge is 2.33. The quantitative estimate of drug-likeness (QED) is 0.367. The molecule has 0 spiro atoms. The van der Waals surface area contributed by atoms with Crippen molar-refractivity contribution in [2.75, 3.05) is 47.1 Å². The monoisotopic (exact) mass is 431 g/mol. The summed E-state index contributed by atoms with van der Waals surface area (Å²) in [4.78, 5) is 6.56. The molecule has 1 fully saturated rings. The maximum Gasteiger partial charge on any atom is 0.416 e. The summed E-state index contributed by atoms with van der Waals surface area (Å²) in [5.41, 5.74) is -0.598. The number of guanidine groups is 1. The van der Waals surface area contributed by atoms with E-state index in [4.69, 9.17) is 14.2 Å². The number of rotatable bonds is 9. The molecule has 0 unspecified atom stereocenters. The molecule has 1 N–H and O–H groups in total. The minimum atomic E-state index is -4.46. The Bertz CT molecular complexity index is 675. The molecule has 1 aromatic carbocycles. The number of alkyl halides is 3. The molecule has 0 radical (unpaired) electrons. The molecule has 30 heavy (non-hydrogen) atoms. The largest absolute Gasteiger partial charge is 0.497 e.